The Morgan fingerprint density at radius 2 is 1.76 bits per heavy atom. The highest BCUT2D eigenvalue weighted by Gasteiger charge is 2.03. The highest BCUT2D eigenvalue weighted by molar-refractivity contribution is 5.81. The molecule has 0 atom stereocenters. The molecule has 4 heteroatoms. The number of nitrogen functional groups attached to an aromatic ring is 1. The summed E-state index contributed by atoms with van der Waals surface area (Å²) < 4.78 is 13.1. The maximum absolute atomic E-state index is 5.73. The quantitative estimate of drug-likeness (QED) is 0.730. The van der Waals surface area contributed by atoms with Gasteiger partial charge in [0.25, 0.3) is 0 Å². The molecule has 0 amide bonds. The predicted octanol–water partition coefficient (Wildman–Crippen LogP) is 3.31. The van der Waals surface area contributed by atoms with E-state index < -0.39 is 0 Å². The molecule has 0 saturated heterocycles. The van der Waals surface area contributed by atoms with Gasteiger partial charge in [-0.2, -0.15) is 0 Å². The largest absolute Gasteiger partial charge is 0.497 e. The van der Waals surface area contributed by atoms with Crippen LogP contribution in [0.1, 0.15) is 0 Å². The van der Waals surface area contributed by atoms with Crippen molar-refractivity contribution in [3.05, 3.63) is 54.7 Å². The summed E-state index contributed by atoms with van der Waals surface area (Å²) in [4.78, 5) is 0. The van der Waals surface area contributed by atoms with Crippen LogP contribution in [-0.2, 0) is 6.54 Å². The van der Waals surface area contributed by atoms with Crippen molar-refractivity contribution in [1.82, 2.24) is 4.57 Å². The molecule has 4 nitrogen and oxygen atoms in total. The van der Waals surface area contributed by atoms with E-state index >= 15 is 0 Å². The van der Waals surface area contributed by atoms with E-state index in [-0.39, 0.29) is 0 Å². The number of rotatable bonds is 5. The minimum absolute atomic E-state index is 0.611. The first-order chi connectivity index (χ1) is 10.3. The zero-order chi connectivity index (χ0) is 14.7. The third-order valence-corrected chi connectivity index (χ3v) is 3.46. The van der Waals surface area contributed by atoms with Crippen LogP contribution in [0.25, 0.3) is 10.9 Å². The molecule has 0 aliphatic carbocycles. The summed E-state index contributed by atoms with van der Waals surface area (Å²) in [6.45, 7) is 1.40. The van der Waals surface area contributed by atoms with E-state index in [1.165, 1.54) is 10.9 Å². The number of anilines is 1. The Bertz CT molecular complexity index is 732. The van der Waals surface area contributed by atoms with E-state index in [2.05, 4.69) is 22.9 Å². The summed E-state index contributed by atoms with van der Waals surface area (Å²) >= 11 is 0. The number of nitrogens with zero attached hydrogens (tertiary/aromatic N) is 1. The summed E-state index contributed by atoms with van der Waals surface area (Å²) in [6.07, 6.45) is 2.07. The van der Waals surface area contributed by atoms with Gasteiger partial charge in [0.05, 0.1) is 13.7 Å². The first-order valence-corrected chi connectivity index (χ1v) is 6.87. The van der Waals surface area contributed by atoms with Crippen LogP contribution < -0.4 is 15.2 Å². The number of fused-ring (bicyclic) bond motifs is 1. The van der Waals surface area contributed by atoms with Crippen molar-refractivity contribution in [1.29, 1.82) is 0 Å². The van der Waals surface area contributed by atoms with E-state index in [0.29, 0.717) is 6.61 Å². The maximum Gasteiger partial charge on any atom is 0.119 e. The van der Waals surface area contributed by atoms with Gasteiger partial charge in [-0.1, -0.05) is 0 Å². The molecular formula is C17H18N2O2. The van der Waals surface area contributed by atoms with Crippen molar-refractivity contribution in [2.45, 2.75) is 6.54 Å². The molecule has 0 aliphatic heterocycles. The van der Waals surface area contributed by atoms with Gasteiger partial charge in [-0.15, -0.1) is 0 Å². The normalized spacial score (nSPS) is 10.7. The first kappa shape index (κ1) is 13.4. The van der Waals surface area contributed by atoms with Crippen molar-refractivity contribution in [2.24, 2.45) is 0 Å². The lowest BCUT2D eigenvalue weighted by molar-refractivity contribution is 0.300. The number of aromatic nitrogens is 1. The number of hydrogen-bond donors (Lipinski definition) is 1. The Labute approximate surface area is 123 Å². The van der Waals surface area contributed by atoms with E-state index in [1.54, 1.807) is 7.11 Å². The number of hydrogen-bond acceptors (Lipinski definition) is 3. The molecule has 2 N–H and O–H groups in total. The fraction of sp³-hybridized carbons (Fsp3) is 0.176. The molecule has 0 fully saturated rings. The molecule has 0 radical (unpaired) electrons. The highest BCUT2D eigenvalue weighted by atomic mass is 16.5. The molecule has 2 aromatic carbocycles. The first-order valence-electron chi connectivity index (χ1n) is 6.87. The zero-order valence-corrected chi connectivity index (χ0v) is 12.0. The van der Waals surface area contributed by atoms with Gasteiger partial charge in [-0.3, -0.25) is 0 Å². The fourth-order valence-electron chi connectivity index (χ4n) is 2.33. The summed E-state index contributed by atoms with van der Waals surface area (Å²) in [5.74, 6) is 1.71. The summed E-state index contributed by atoms with van der Waals surface area (Å²) in [5.41, 5.74) is 7.57. The highest BCUT2D eigenvalue weighted by Crippen LogP contribution is 2.22. The molecule has 0 saturated carbocycles. The van der Waals surface area contributed by atoms with Crippen LogP contribution in [0.3, 0.4) is 0 Å². The van der Waals surface area contributed by atoms with E-state index in [0.717, 1.165) is 23.7 Å². The van der Waals surface area contributed by atoms with E-state index in [4.69, 9.17) is 15.2 Å². The SMILES string of the molecule is COc1ccc2c(ccn2CCOc2ccc(N)cc2)c1. The molecule has 108 valence electrons. The molecule has 0 spiro atoms. The topological polar surface area (TPSA) is 49.4 Å². The lowest BCUT2D eigenvalue weighted by Crippen LogP contribution is -2.07. The lowest BCUT2D eigenvalue weighted by atomic mass is 10.2. The van der Waals surface area contributed by atoms with Crippen LogP contribution in [0.15, 0.2) is 54.7 Å². The van der Waals surface area contributed by atoms with Crippen LogP contribution in [0.2, 0.25) is 0 Å². The Morgan fingerprint density at radius 1 is 1.00 bits per heavy atom. The van der Waals surface area contributed by atoms with Crippen molar-refractivity contribution in [3.8, 4) is 11.5 Å². The van der Waals surface area contributed by atoms with Crippen LogP contribution in [0.4, 0.5) is 5.69 Å². The van der Waals surface area contributed by atoms with E-state index in [9.17, 15) is 0 Å². The number of benzene rings is 2. The Balaban J connectivity index is 1.66. The number of nitrogens with two attached hydrogens (primary N) is 1. The second kappa shape index (κ2) is 5.79. The lowest BCUT2D eigenvalue weighted by Gasteiger charge is -2.09. The summed E-state index contributed by atoms with van der Waals surface area (Å²) in [5, 5.41) is 1.17. The van der Waals surface area contributed by atoms with Crippen LogP contribution in [0.5, 0.6) is 11.5 Å². The summed E-state index contributed by atoms with van der Waals surface area (Å²) in [7, 11) is 1.68. The van der Waals surface area contributed by atoms with Crippen LogP contribution >= 0.6 is 0 Å². The molecule has 21 heavy (non-hydrogen) atoms. The standard InChI is InChI=1S/C17H18N2O2/c1-20-16-6-7-17-13(12-16)8-9-19(17)10-11-21-15-4-2-14(18)3-5-15/h2-9,12H,10-11,18H2,1H3. The van der Waals surface area contributed by atoms with Gasteiger partial charge in [0.2, 0.25) is 0 Å². The minimum atomic E-state index is 0.611. The Hall–Kier alpha value is -2.62. The molecular weight excluding hydrogens is 264 g/mol. The van der Waals surface area contributed by atoms with Crippen LogP contribution in [0, 0.1) is 0 Å². The van der Waals surface area contributed by atoms with Crippen molar-refractivity contribution in [3.63, 3.8) is 0 Å². The van der Waals surface area contributed by atoms with Gasteiger partial charge >= 0.3 is 0 Å². The average Bonchev–Trinajstić information content (AvgIpc) is 2.91. The third kappa shape index (κ3) is 2.94. The van der Waals surface area contributed by atoms with Gasteiger partial charge in [-0.25, -0.2) is 0 Å². The van der Waals surface area contributed by atoms with Crippen LogP contribution in [-0.4, -0.2) is 18.3 Å². The summed E-state index contributed by atoms with van der Waals surface area (Å²) in [6, 6.07) is 15.6. The van der Waals surface area contributed by atoms with Gasteiger partial charge in [0, 0.05) is 22.8 Å². The molecule has 1 heterocycles. The molecule has 0 unspecified atom stereocenters. The average molecular weight is 282 g/mol. The van der Waals surface area contributed by atoms with Crippen molar-refractivity contribution in [2.75, 3.05) is 19.5 Å². The maximum atomic E-state index is 5.73. The van der Waals surface area contributed by atoms with E-state index in [1.807, 2.05) is 36.4 Å². The Kier molecular flexibility index (Phi) is 3.69. The van der Waals surface area contributed by atoms with Gasteiger partial charge < -0.3 is 19.8 Å². The fourth-order valence-corrected chi connectivity index (χ4v) is 2.33. The zero-order valence-electron chi connectivity index (χ0n) is 12.0. The van der Waals surface area contributed by atoms with Crippen molar-refractivity contribution >= 4 is 16.6 Å². The van der Waals surface area contributed by atoms with Gasteiger partial charge in [0.15, 0.2) is 0 Å². The molecule has 0 aliphatic rings. The third-order valence-electron chi connectivity index (χ3n) is 3.46. The molecule has 0 bridgehead atoms. The molecule has 1 aromatic heterocycles. The Morgan fingerprint density at radius 3 is 2.52 bits per heavy atom. The van der Waals surface area contributed by atoms with Crippen molar-refractivity contribution < 1.29 is 9.47 Å². The second-order valence-corrected chi connectivity index (χ2v) is 4.85. The van der Waals surface area contributed by atoms with Gasteiger partial charge in [-0.05, 0) is 48.5 Å². The van der Waals surface area contributed by atoms with Gasteiger partial charge in [0.1, 0.15) is 18.1 Å². The molecule has 3 aromatic rings. The second-order valence-electron chi connectivity index (χ2n) is 4.85. The number of ether oxygens (including phenoxy) is 2. The minimum Gasteiger partial charge on any atom is -0.497 e. The number of methoxy groups -OCH3 is 1. The molecule has 3 rings (SSSR count). The monoisotopic (exact) mass is 282 g/mol. The predicted molar refractivity (Wildman–Crippen MR) is 84.8 cm³/mol. The smallest absolute Gasteiger partial charge is 0.119 e.